The number of amides is 1. The molecule has 156 valence electrons. The normalized spacial score (nSPS) is 15.8. The van der Waals surface area contributed by atoms with Crippen molar-refractivity contribution in [3.8, 4) is 5.75 Å². The number of halogens is 1. The Labute approximate surface area is 179 Å². The first kappa shape index (κ1) is 21.8. The van der Waals surface area contributed by atoms with Crippen LogP contribution in [0.25, 0.3) is 0 Å². The summed E-state index contributed by atoms with van der Waals surface area (Å²) in [5.74, 6) is 0.677. The number of benzene rings is 2. The third-order valence-electron chi connectivity index (χ3n) is 4.59. The van der Waals surface area contributed by atoms with E-state index in [9.17, 15) is 13.2 Å². The van der Waals surface area contributed by atoms with Crippen LogP contribution in [0.2, 0.25) is 0 Å². The monoisotopic (exact) mass is 481 g/mol. The summed E-state index contributed by atoms with van der Waals surface area (Å²) < 4.78 is 33.3. The van der Waals surface area contributed by atoms with Gasteiger partial charge >= 0.3 is 0 Å². The highest BCUT2D eigenvalue weighted by atomic mass is 79.9. The molecular formula is C20H24BrN3O4S. The average Bonchev–Trinajstić information content (AvgIpc) is 2.73. The summed E-state index contributed by atoms with van der Waals surface area (Å²) in [7, 11) is -3.51. The zero-order valence-corrected chi connectivity index (χ0v) is 18.4. The van der Waals surface area contributed by atoms with Crippen LogP contribution >= 0.6 is 15.9 Å². The van der Waals surface area contributed by atoms with E-state index >= 15 is 0 Å². The molecule has 0 saturated carbocycles. The van der Waals surface area contributed by atoms with Crippen LogP contribution in [0.15, 0.2) is 64.0 Å². The standard InChI is InChI=1S/C20H24BrN3O4S/c21-17-6-8-19(9-7-17)29(26,27)24-13-11-23(12-14-24)16-20(25)22-10-15-28-18-4-2-1-3-5-18/h1-9H,10-16H2,(H,22,25). The minimum Gasteiger partial charge on any atom is -0.492 e. The first-order valence-electron chi connectivity index (χ1n) is 9.38. The molecule has 0 bridgehead atoms. The number of hydrogen-bond donors (Lipinski definition) is 1. The molecule has 1 amide bonds. The van der Waals surface area contributed by atoms with Crippen molar-refractivity contribution in [2.75, 3.05) is 45.9 Å². The second-order valence-electron chi connectivity index (χ2n) is 6.65. The quantitative estimate of drug-likeness (QED) is 0.582. The van der Waals surface area contributed by atoms with Crippen LogP contribution in [0.5, 0.6) is 5.75 Å². The van der Waals surface area contributed by atoms with Gasteiger partial charge in [0.25, 0.3) is 0 Å². The lowest BCUT2D eigenvalue weighted by atomic mass is 10.3. The summed E-state index contributed by atoms with van der Waals surface area (Å²) in [6, 6.07) is 16.1. The smallest absolute Gasteiger partial charge is 0.243 e. The Morgan fingerprint density at radius 3 is 2.31 bits per heavy atom. The maximum absolute atomic E-state index is 12.7. The molecule has 0 radical (unpaired) electrons. The van der Waals surface area contributed by atoms with Crippen molar-refractivity contribution in [3.05, 3.63) is 59.1 Å². The summed E-state index contributed by atoms with van der Waals surface area (Å²) in [6.45, 7) is 2.83. The second-order valence-corrected chi connectivity index (χ2v) is 9.50. The SMILES string of the molecule is O=C(CN1CCN(S(=O)(=O)c2ccc(Br)cc2)CC1)NCCOc1ccccc1. The Morgan fingerprint density at radius 2 is 1.66 bits per heavy atom. The van der Waals surface area contributed by atoms with Crippen LogP contribution in [0.4, 0.5) is 0 Å². The van der Waals surface area contributed by atoms with E-state index in [1.807, 2.05) is 35.2 Å². The Bertz CT molecular complexity index is 899. The van der Waals surface area contributed by atoms with Crippen molar-refractivity contribution in [1.82, 2.24) is 14.5 Å². The highest BCUT2D eigenvalue weighted by Gasteiger charge is 2.28. The van der Waals surface area contributed by atoms with Crippen LogP contribution in [-0.2, 0) is 14.8 Å². The van der Waals surface area contributed by atoms with Crippen LogP contribution in [0.3, 0.4) is 0 Å². The van der Waals surface area contributed by atoms with Crippen molar-refractivity contribution in [2.45, 2.75) is 4.90 Å². The van der Waals surface area contributed by atoms with E-state index in [1.54, 1.807) is 24.3 Å². The highest BCUT2D eigenvalue weighted by molar-refractivity contribution is 9.10. The number of rotatable bonds is 8. The summed E-state index contributed by atoms with van der Waals surface area (Å²) in [5.41, 5.74) is 0. The molecule has 7 nitrogen and oxygen atoms in total. The largest absolute Gasteiger partial charge is 0.492 e. The molecule has 0 aromatic heterocycles. The van der Waals surface area contributed by atoms with Crippen molar-refractivity contribution in [2.24, 2.45) is 0 Å². The van der Waals surface area contributed by atoms with Gasteiger partial charge in [-0.15, -0.1) is 0 Å². The lowest BCUT2D eigenvalue weighted by molar-refractivity contribution is -0.122. The zero-order chi connectivity index (χ0) is 20.7. The van der Waals surface area contributed by atoms with E-state index < -0.39 is 10.0 Å². The third kappa shape index (κ3) is 6.27. The minimum absolute atomic E-state index is 0.0918. The number of carbonyl (C=O) groups excluding carboxylic acids is 1. The van der Waals surface area contributed by atoms with Crippen LogP contribution in [0, 0.1) is 0 Å². The summed E-state index contributed by atoms with van der Waals surface area (Å²) in [5, 5.41) is 2.83. The molecule has 1 N–H and O–H groups in total. The van der Waals surface area contributed by atoms with Gasteiger partial charge in [0, 0.05) is 30.7 Å². The van der Waals surface area contributed by atoms with Crippen molar-refractivity contribution >= 4 is 31.9 Å². The van der Waals surface area contributed by atoms with Gasteiger partial charge in [0.1, 0.15) is 12.4 Å². The lowest BCUT2D eigenvalue weighted by Crippen LogP contribution is -2.51. The van der Waals surface area contributed by atoms with Crippen molar-refractivity contribution < 1.29 is 17.9 Å². The van der Waals surface area contributed by atoms with Gasteiger partial charge in [-0.2, -0.15) is 4.31 Å². The Morgan fingerprint density at radius 1 is 1.00 bits per heavy atom. The first-order chi connectivity index (χ1) is 13.9. The number of para-hydroxylation sites is 1. The fourth-order valence-corrected chi connectivity index (χ4v) is 4.71. The molecule has 1 aliphatic heterocycles. The molecule has 1 saturated heterocycles. The predicted molar refractivity (Wildman–Crippen MR) is 114 cm³/mol. The number of nitrogens with one attached hydrogen (secondary N) is 1. The van der Waals surface area contributed by atoms with E-state index in [0.29, 0.717) is 39.3 Å². The number of sulfonamides is 1. The number of nitrogens with zero attached hydrogens (tertiary/aromatic N) is 2. The summed E-state index contributed by atoms with van der Waals surface area (Å²) >= 11 is 3.31. The van der Waals surface area contributed by atoms with Gasteiger partial charge in [0.15, 0.2) is 0 Å². The van der Waals surface area contributed by atoms with Gasteiger partial charge in [0.2, 0.25) is 15.9 Å². The molecule has 1 fully saturated rings. The molecule has 2 aromatic carbocycles. The molecule has 0 unspecified atom stereocenters. The number of carbonyl (C=O) groups is 1. The molecule has 0 spiro atoms. The summed E-state index contributed by atoms with van der Waals surface area (Å²) in [4.78, 5) is 14.4. The first-order valence-corrected chi connectivity index (χ1v) is 11.6. The number of ether oxygens (including phenoxy) is 1. The molecule has 0 aliphatic carbocycles. The molecule has 1 aliphatic rings. The number of piperazine rings is 1. The zero-order valence-electron chi connectivity index (χ0n) is 16.0. The predicted octanol–water partition coefficient (Wildman–Crippen LogP) is 1.95. The van der Waals surface area contributed by atoms with E-state index in [-0.39, 0.29) is 17.3 Å². The molecule has 0 atom stereocenters. The maximum atomic E-state index is 12.7. The highest BCUT2D eigenvalue weighted by Crippen LogP contribution is 2.20. The fourth-order valence-electron chi connectivity index (χ4n) is 3.02. The average molecular weight is 482 g/mol. The van der Waals surface area contributed by atoms with Gasteiger partial charge in [-0.1, -0.05) is 34.1 Å². The van der Waals surface area contributed by atoms with Gasteiger partial charge in [0.05, 0.1) is 18.0 Å². The van der Waals surface area contributed by atoms with E-state index in [4.69, 9.17) is 4.74 Å². The molecule has 9 heteroatoms. The lowest BCUT2D eigenvalue weighted by Gasteiger charge is -2.33. The van der Waals surface area contributed by atoms with Gasteiger partial charge in [-0.05, 0) is 36.4 Å². The minimum atomic E-state index is -3.51. The molecule has 1 heterocycles. The fraction of sp³-hybridized carbons (Fsp3) is 0.350. The third-order valence-corrected chi connectivity index (χ3v) is 7.03. The Hall–Kier alpha value is -1.94. The van der Waals surface area contributed by atoms with Crippen LogP contribution in [-0.4, -0.2) is 69.4 Å². The van der Waals surface area contributed by atoms with Gasteiger partial charge < -0.3 is 10.1 Å². The summed E-state index contributed by atoms with van der Waals surface area (Å²) in [6.07, 6.45) is 0. The van der Waals surface area contributed by atoms with E-state index in [2.05, 4.69) is 21.2 Å². The Balaban J connectivity index is 1.39. The molecule has 29 heavy (non-hydrogen) atoms. The van der Waals surface area contributed by atoms with Gasteiger partial charge in [-0.3, -0.25) is 9.69 Å². The van der Waals surface area contributed by atoms with E-state index in [1.165, 1.54) is 4.31 Å². The molecule has 3 rings (SSSR count). The van der Waals surface area contributed by atoms with Gasteiger partial charge in [-0.25, -0.2) is 8.42 Å². The van der Waals surface area contributed by atoms with Crippen LogP contribution in [0.1, 0.15) is 0 Å². The molecule has 2 aromatic rings. The van der Waals surface area contributed by atoms with Crippen molar-refractivity contribution in [3.63, 3.8) is 0 Å². The van der Waals surface area contributed by atoms with Crippen LogP contribution < -0.4 is 10.1 Å². The van der Waals surface area contributed by atoms with Crippen molar-refractivity contribution in [1.29, 1.82) is 0 Å². The number of hydrogen-bond acceptors (Lipinski definition) is 5. The topological polar surface area (TPSA) is 79.0 Å². The Kier molecular flexibility index (Phi) is 7.65. The molecular weight excluding hydrogens is 458 g/mol. The second kappa shape index (κ2) is 10.2. The maximum Gasteiger partial charge on any atom is 0.243 e. The van der Waals surface area contributed by atoms with E-state index in [0.717, 1.165) is 10.2 Å².